The number of aryl methyl sites for hydroxylation is 1. The van der Waals surface area contributed by atoms with E-state index in [-0.39, 0.29) is 0 Å². The average molecular weight is 459 g/mol. The van der Waals surface area contributed by atoms with E-state index in [1.54, 1.807) is 13.4 Å². The van der Waals surface area contributed by atoms with Crippen LogP contribution in [0.2, 0.25) is 0 Å². The maximum Gasteiger partial charge on any atom is 0.380 e. The Morgan fingerprint density at radius 2 is 2.00 bits per heavy atom. The summed E-state index contributed by atoms with van der Waals surface area (Å²) in [5, 5.41) is 4.37. The molecule has 8 nitrogen and oxygen atoms in total. The topological polar surface area (TPSA) is 78.2 Å². The van der Waals surface area contributed by atoms with Crippen LogP contribution in [-0.2, 0) is 20.1 Å². The molecule has 0 aliphatic carbocycles. The van der Waals surface area contributed by atoms with Crippen LogP contribution in [0.5, 0.6) is 5.75 Å². The number of esters is 1. The quantitative estimate of drug-likeness (QED) is 0.537. The van der Waals surface area contributed by atoms with Gasteiger partial charge in [-0.25, -0.2) is 9.78 Å². The summed E-state index contributed by atoms with van der Waals surface area (Å²) in [5.74, 6) is 0.881. The van der Waals surface area contributed by atoms with Gasteiger partial charge in [0.2, 0.25) is 0 Å². The number of oxime groups is 1. The van der Waals surface area contributed by atoms with Crippen molar-refractivity contribution in [3.05, 3.63) is 83.4 Å². The molecule has 1 atom stereocenters. The number of aromatic nitrogens is 2. The third kappa shape index (κ3) is 3.51. The molecule has 3 heterocycles. The van der Waals surface area contributed by atoms with Crippen LogP contribution in [-0.4, -0.2) is 47.0 Å². The van der Waals surface area contributed by atoms with Gasteiger partial charge in [0.1, 0.15) is 5.75 Å². The fourth-order valence-corrected chi connectivity index (χ4v) is 4.56. The third-order valence-corrected chi connectivity index (χ3v) is 6.18. The highest BCUT2D eigenvalue weighted by atomic mass is 16.7. The molecule has 34 heavy (non-hydrogen) atoms. The fraction of sp³-hybridized carbons (Fsp3) is 0.269. The number of fused-ring (bicyclic) bond motifs is 1. The van der Waals surface area contributed by atoms with E-state index in [1.807, 2.05) is 71.1 Å². The number of carbonyl (C=O) groups excluding carboxylic acids is 1. The molecule has 5 rings (SSSR count). The largest absolute Gasteiger partial charge is 0.495 e. The van der Waals surface area contributed by atoms with E-state index >= 15 is 0 Å². The standard InChI is InChI=1S/C26H26N4O4/c1-18-16-29(17-27-18)22-12-11-19(15-23(22)32-2)14-20-8-7-13-30-24(20)28-34-26(30,25(31)33-3)21-9-5-4-6-10-21/h4-6,9-12,14-17H,7-8,13H2,1-3H3/b20-14+/t26-/m1/s1. The molecule has 0 saturated carbocycles. The number of imidazole rings is 1. The van der Waals surface area contributed by atoms with Gasteiger partial charge in [0.05, 0.1) is 31.9 Å². The summed E-state index contributed by atoms with van der Waals surface area (Å²) in [5.41, 5.74) is 3.05. The number of carbonyl (C=O) groups is 1. The number of amidine groups is 1. The summed E-state index contributed by atoms with van der Waals surface area (Å²) < 4.78 is 12.8. The van der Waals surface area contributed by atoms with Crippen LogP contribution >= 0.6 is 0 Å². The Morgan fingerprint density at radius 3 is 2.71 bits per heavy atom. The van der Waals surface area contributed by atoms with Gasteiger partial charge in [-0.2, -0.15) is 0 Å². The first-order valence-electron chi connectivity index (χ1n) is 11.1. The van der Waals surface area contributed by atoms with E-state index in [1.165, 1.54) is 7.11 Å². The molecule has 1 saturated heterocycles. The molecule has 1 fully saturated rings. The van der Waals surface area contributed by atoms with Crippen molar-refractivity contribution in [1.82, 2.24) is 14.5 Å². The van der Waals surface area contributed by atoms with Crippen molar-refractivity contribution in [2.75, 3.05) is 20.8 Å². The van der Waals surface area contributed by atoms with Gasteiger partial charge >= 0.3 is 11.7 Å². The Hall–Kier alpha value is -4.07. The molecule has 0 N–H and O–H groups in total. The summed E-state index contributed by atoms with van der Waals surface area (Å²) in [6.45, 7) is 2.58. The number of piperidine rings is 1. The predicted octanol–water partition coefficient (Wildman–Crippen LogP) is 4.04. The number of ether oxygens (including phenoxy) is 2. The molecule has 8 heteroatoms. The summed E-state index contributed by atoms with van der Waals surface area (Å²) in [6.07, 6.45) is 7.46. The molecule has 0 unspecified atom stereocenters. The number of hydrogen-bond acceptors (Lipinski definition) is 7. The predicted molar refractivity (Wildman–Crippen MR) is 127 cm³/mol. The minimum absolute atomic E-state index is 0.500. The Balaban J connectivity index is 1.50. The zero-order valence-electron chi connectivity index (χ0n) is 19.4. The number of benzene rings is 2. The van der Waals surface area contributed by atoms with Gasteiger partial charge in [-0.15, -0.1) is 0 Å². The highest BCUT2D eigenvalue weighted by Crippen LogP contribution is 2.41. The second-order valence-electron chi connectivity index (χ2n) is 8.29. The molecular formula is C26H26N4O4. The van der Waals surface area contributed by atoms with Gasteiger partial charge in [0.25, 0.3) is 0 Å². The Labute approximate surface area is 198 Å². The van der Waals surface area contributed by atoms with Crippen molar-refractivity contribution in [2.45, 2.75) is 25.5 Å². The monoisotopic (exact) mass is 458 g/mol. The van der Waals surface area contributed by atoms with E-state index < -0.39 is 11.7 Å². The first kappa shape index (κ1) is 21.8. The lowest BCUT2D eigenvalue weighted by atomic mass is 9.94. The number of methoxy groups -OCH3 is 2. The third-order valence-electron chi connectivity index (χ3n) is 6.18. The van der Waals surface area contributed by atoms with Crippen molar-refractivity contribution in [3.63, 3.8) is 0 Å². The van der Waals surface area contributed by atoms with Crippen LogP contribution in [0.25, 0.3) is 11.8 Å². The average Bonchev–Trinajstić information content (AvgIpc) is 3.49. The van der Waals surface area contributed by atoms with Gasteiger partial charge < -0.3 is 23.8 Å². The number of rotatable bonds is 5. The second kappa shape index (κ2) is 8.70. The first-order valence-corrected chi connectivity index (χ1v) is 11.1. The maximum atomic E-state index is 13.0. The number of nitrogens with zero attached hydrogens (tertiary/aromatic N) is 4. The Bertz CT molecular complexity index is 1280. The lowest BCUT2D eigenvalue weighted by Crippen LogP contribution is -2.54. The minimum Gasteiger partial charge on any atom is -0.495 e. The van der Waals surface area contributed by atoms with Gasteiger partial charge in [-0.05, 0) is 49.1 Å². The van der Waals surface area contributed by atoms with Crippen LogP contribution < -0.4 is 4.74 Å². The summed E-state index contributed by atoms with van der Waals surface area (Å²) in [7, 11) is 3.02. The molecule has 3 aromatic rings. The minimum atomic E-state index is -1.42. The van der Waals surface area contributed by atoms with Gasteiger partial charge in [-0.1, -0.05) is 41.6 Å². The molecule has 2 aliphatic rings. The van der Waals surface area contributed by atoms with E-state index in [0.717, 1.165) is 41.1 Å². The molecule has 2 aromatic carbocycles. The fourth-order valence-electron chi connectivity index (χ4n) is 4.56. The highest BCUT2D eigenvalue weighted by molar-refractivity contribution is 6.06. The maximum absolute atomic E-state index is 13.0. The Morgan fingerprint density at radius 1 is 1.18 bits per heavy atom. The van der Waals surface area contributed by atoms with Crippen molar-refractivity contribution < 1.29 is 19.1 Å². The molecule has 1 aromatic heterocycles. The van der Waals surface area contributed by atoms with Crippen molar-refractivity contribution in [3.8, 4) is 11.4 Å². The van der Waals surface area contributed by atoms with Crippen LogP contribution in [0.3, 0.4) is 0 Å². The molecular weight excluding hydrogens is 432 g/mol. The Kier molecular flexibility index (Phi) is 5.57. The SMILES string of the molecule is COC(=O)[C@@]1(c2ccccc2)ON=C2/C(=C/c3ccc(-n4cnc(C)c4)c(OC)c3)CCCN21. The summed E-state index contributed by atoms with van der Waals surface area (Å²) in [6, 6.07) is 15.4. The molecule has 174 valence electrons. The normalized spacial score (nSPS) is 20.5. The van der Waals surface area contributed by atoms with Crippen molar-refractivity contribution >= 4 is 17.9 Å². The molecule has 0 bridgehead atoms. The first-order chi connectivity index (χ1) is 16.6. The van der Waals surface area contributed by atoms with Crippen molar-refractivity contribution in [1.29, 1.82) is 0 Å². The lowest BCUT2D eigenvalue weighted by Gasteiger charge is -2.37. The highest BCUT2D eigenvalue weighted by Gasteiger charge is 2.56. The van der Waals surface area contributed by atoms with Gasteiger partial charge in [0, 0.05) is 18.3 Å². The van der Waals surface area contributed by atoms with Crippen LogP contribution in [0.1, 0.15) is 29.7 Å². The molecule has 0 spiro atoms. The lowest BCUT2D eigenvalue weighted by molar-refractivity contribution is -0.186. The van der Waals surface area contributed by atoms with Crippen LogP contribution in [0.4, 0.5) is 0 Å². The zero-order chi connectivity index (χ0) is 23.7. The summed E-state index contributed by atoms with van der Waals surface area (Å²) in [4.78, 5) is 25.1. The van der Waals surface area contributed by atoms with Crippen molar-refractivity contribution in [2.24, 2.45) is 5.16 Å². The van der Waals surface area contributed by atoms with Crippen LogP contribution in [0.15, 0.2) is 71.8 Å². The van der Waals surface area contributed by atoms with Crippen LogP contribution in [0, 0.1) is 6.92 Å². The second-order valence-corrected chi connectivity index (χ2v) is 8.29. The molecule has 2 aliphatic heterocycles. The molecule has 0 radical (unpaired) electrons. The van der Waals surface area contributed by atoms with E-state index in [4.69, 9.17) is 14.3 Å². The number of hydrogen-bond donors (Lipinski definition) is 0. The molecule has 0 amide bonds. The van der Waals surface area contributed by atoms with Gasteiger partial charge in [-0.3, -0.25) is 0 Å². The van der Waals surface area contributed by atoms with Gasteiger partial charge in [0.15, 0.2) is 5.84 Å². The zero-order valence-corrected chi connectivity index (χ0v) is 19.4. The van der Waals surface area contributed by atoms with E-state index in [9.17, 15) is 4.79 Å². The summed E-state index contributed by atoms with van der Waals surface area (Å²) >= 11 is 0. The smallest absolute Gasteiger partial charge is 0.380 e. The van der Waals surface area contributed by atoms with E-state index in [2.05, 4.69) is 16.2 Å². The van der Waals surface area contributed by atoms with E-state index in [0.29, 0.717) is 17.9 Å².